The van der Waals surface area contributed by atoms with E-state index in [4.69, 9.17) is 5.73 Å². The summed E-state index contributed by atoms with van der Waals surface area (Å²) < 4.78 is 1.07. The summed E-state index contributed by atoms with van der Waals surface area (Å²) in [6.07, 6.45) is 2.57. The van der Waals surface area contributed by atoms with E-state index in [-0.39, 0.29) is 23.3 Å². The highest BCUT2D eigenvalue weighted by molar-refractivity contribution is 9.10. The quantitative estimate of drug-likeness (QED) is 0.884. The third kappa shape index (κ3) is 4.11. The molecule has 0 aromatic heterocycles. The van der Waals surface area contributed by atoms with Gasteiger partial charge in [0.05, 0.1) is 0 Å². The van der Waals surface area contributed by atoms with Gasteiger partial charge >= 0.3 is 0 Å². The van der Waals surface area contributed by atoms with Gasteiger partial charge in [0.1, 0.15) is 0 Å². The van der Waals surface area contributed by atoms with E-state index < -0.39 is 0 Å². The molecule has 2 unspecified atom stereocenters. The fourth-order valence-corrected chi connectivity index (χ4v) is 3.62. The summed E-state index contributed by atoms with van der Waals surface area (Å²) in [4.78, 5) is 14.9. The molecule has 4 heteroatoms. The average molecular weight is 367 g/mol. The highest BCUT2D eigenvalue weighted by Crippen LogP contribution is 2.29. The summed E-state index contributed by atoms with van der Waals surface area (Å²) in [6, 6.07) is 8.42. The summed E-state index contributed by atoms with van der Waals surface area (Å²) in [5.41, 5.74) is 7.39. The number of carbonyl (C=O) groups is 1. The van der Waals surface area contributed by atoms with Crippen molar-refractivity contribution in [3.8, 4) is 0 Å². The zero-order valence-corrected chi connectivity index (χ0v) is 15.4. The number of halogens is 1. The number of nitrogens with two attached hydrogens (primary N) is 1. The summed E-state index contributed by atoms with van der Waals surface area (Å²) >= 11 is 3.50. The Hall–Kier alpha value is -0.870. The molecule has 122 valence electrons. The van der Waals surface area contributed by atoms with Gasteiger partial charge in [0.25, 0.3) is 0 Å². The van der Waals surface area contributed by atoms with Crippen LogP contribution in [0.15, 0.2) is 28.7 Å². The summed E-state index contributed by atoms with van der Waals surface area (Å²) in [5.74, 6) is 0.335. The first kappa shape index (κ1) is 17.5. The largest absolute Gasteiger partial charge is 0.342 e. The van der Waals surface area contributed by atoms with Gasteiger partial charge in [0.15, 0.2) is 0 Å². The lowest BCUT2D eigenvalue weighted by atomic mass is 9.79. The SMILES string of the molecule is CCC(Cc1cccc(Br)c1)C(=O)N1CCC(N)C(C)(C)C1. The van der Waals surface area contributed by atoms with Crippen LogP contribution in [0.4, 0.5) is 0 Å². The molecule has 3 nitrogen and oxygen atoms in total. The molecular formula is C18H27BrN2O. The summed E-state index contributed by atoms with van der Waals surface area (Å²) in [7, 11) is 0. The Morgan fingerprint density at radius 3 is 2.82 bits per heavy atom. The molecule has 0 spiro atoms. The van der Waals surface area contributed by atoms with Crippen molar-refractivity contribution in [2.45, 2.75) is 46.1 Å². The van der Waals surface area contributed by atoms with E-state index in [0.29, 0.717) is 0 Å². The minimum Gasteiger partial charge on any atom is -0.342 e. The second kappa shape index (κ2) is 7.14. The molecule has 1 heterocycles. The molecule has 1 aromatic carbocycles. The van der Waals surface area contributed by atoms with E-state index in [0.717, 1.165) is 36.8 Å². The van der Waals surface area contributed by atoms with Crippen LogP contribution in [0.3, 0.4) is 0 Å². The van der Waals surface area contributed by atoms with Gasteiger partial charge in [0.2, 0.25) is 5.91 Å². The van der Waals surface area contributed by atoms with E-state index in [9.17, 15) is 4.79 Å². The van der Waals surface area contributed by atoms with Gasteiger partial charge in [-0.25, -0.2) is 0 Å². The highest BCUT2D eigenvalue weighted by atomic mass is 79.9. The number of nitrogens with zero attached hydrogens (tertiary/aromatic N) is 1. The smallest absolute Gasteiger partial charge is 0.226 e. The van der Waals surface area contributed by atoms with E-state index in [1.54, 1.807) is 0 Å². The van der Waals surface area contributed by atoms with Gasteiger partial charge in [-0.2, -0.15) is 0 Å². The Morgan fingerprint density at radius 2 is 2.23 bits per heavy atom. The lowest BCUT2D eigenvalue weighted by Crippen LogP contribution is -2.55. The number of carbonyl (C=O) groups excluding carboxylic acids is 1. The third-order valence-electron chi connectivity index (χ3n) is 4.84. The number of hydrogen-bond acceptors (Lipinski definition) is 2. The lowest BCUT2D eigenvalue weighted by Gasteiger charge is -2.43. The molecule has 0 saturated carbocycles. The summed E-state index contributed by atoms with van der Waals surface area (Å²) in [5, 5.41) is 0. The van der Waals surface area contributed by atoms with E-state index in [1.165, 1.54) is 5.56 Å². The number of likely N-dealkylation sites (tertiary alicyclic amines) is 1. The molecule has 2 rings (SSSR count). The van der Waals surface area contributed by atoms with Crippen molar-refractivity contribution >= 4 is 21.8 Å². The van der Waals surface area contributed by atoms with Gasteiger partial charge in [0, 0.05) is 29.5 Å². The van der Waals surface area contributed by atoms with Crippen molar-refractivity contribution in [2.24, 2.45) is 17.1 Å². The van der Waals surface area contributed by atoms with Gasteiger partial charge < -0.3 is 10.6 Å². The van der Waals surface area contributed by atoms with Crippen molar-refractivity contribution in [1.82, 2.24) is 4.90 Å². The van der Waals surface area contributed by atoms with Crippen molar-refractivity contribution in [3.05, 3.63) is 34.3 Å². The number of benzene rings is 1. The number of hydrogen-bond donors (Lipinski definition) is 1. The first-order valence-electron chi connectivity index (χ1n) is 8.12. The predicted octanol–water partition coefficient (Wildman–Crippen LogP) is 3.60. The molecule has 1 aliphatic heterocycles. The Balaban J connectivity index is 2.06. The lowest BCUT2D eigenvalue weighted by molar-refractivity contribution is -0.139. The fraction of sp³-hybridized carbons (Fsp3) is 0.611. The van der Waals surface area contributed by atoms with E-state index in [2.05, 4.69) is 48.8 Å². The van der Waals surface area contributed by atoms with E-state index >= 15 is 0 Å². The van der Waals surface area contributed by atoms with Crippen molar-refractivity contribution in [3.63, 3.8) is 0 Å². The third-order valence-corrected chi connectivity index (χ3v) is 5.33. The minimum atomic E-state index is 0.00196. The van der Waals surface area contributed by atoms with E-state index in [1.807, 2.05) is 17.0 Å². The number of rotatable bonds is 4. The Morgan fingerprint density at radius 1 is 1.50 bits per heavy atom. The molecule has 0 radical (unpaired) electrons. The standard InChI is InChI=1S/C18H27BrN2O/c1-4-14(10-13-6-5-7-15(19)11-13)17(22)21-9-8-16(20)18(2,3)12-21/h5-7,11,14,16H,4,8-10,12,20H2,1-3H3. The number of amides is 1. The Bertz CT molecular complexity index is 530. The maximum Gasteiger partial charge on any atom is 0.226 e. The summed E-state index contributed by atoms with van der Waals surface area (Å²) in [6.45, 7) is 7.97. The van der Waals surface area contributed by atoms with Crippen LogP contribution in [0.5, 0.6) is 0 Å². The topological polar surface area (TPSA) is 46.3 Å². The number of piperidine rings is 1. The molecule has 0 bridgehead atoms. The van der Waals surface area contributed by atoms with Gasteiger partial charge in [-0.3, -0.25) is 4.79 Å². The predicted molar refractivity (Wildman–Crippen MR) is 94.6 cm³/mol. The molecular weight excluding hydrogens is 340 g/mol. The minimum absolute atomic E-state index is 0.00196. The zero-order chi connectivity index (χ0) is 16.3. The molecule has 22 heavy (non-hydrogen) atoms. The van der Waals surface area contributed by atoms with Crippen LogP contribution in [0.2, 0.25) is 0 Å². The molecule has 1 saturated heterocycles. The second-order valence-corrected chi connectivity index (χ2v) is 8.00. The average Bonchev–Trinajstić information content (AvgIpc) is 2.47. The maximum atomic E-state index is 12.9. The molecule has 0 aliphatic carbocycles. The van der Waals surface area contributed by atoms with Crippen LogP contribution >= 0.6 is 15.9 Å². The molecule has 2 N–H and O–H groups in total. The van der Waals surface area contributed by atoms with Crippen molar-refractivity contribution in [1.29, 1.82) is 0 Å². The molecule has 1 fully saturated rings. The fourth-order valence-electron chi connectivity index (χ4n) is 3.17. The first-order valence-corrected chi connectivity index (χ1v) is 8.91. The molecule has 2 atom stereocenters. The maximum absolute atomic E-state index is 12.9. The van der Waals surface area contributed by atoms with Crippen molar-refractivity contribution in [2.75, 3.05) is 13.1 Å². The normalized spacial score (nSPS) is 22.4. The van der Waals surface area contributed by atoms with Gasteiger partial charge in [-0.15, -0.1) is 0 Å². The zero-order valence-electron chi connectivity index (χ0n) is 13.8. The second-order valence-electron chi connectivity index (χ2n) is 7.08. The van der Waals surface area contributed by atoms with Gasteiger partial charge in [-0.05, 0) is 42.4 Å². The van der Waals surface area contributed by atoms with Crippen LogP contribution in [0, 0.1) is 11.3 Å². The Labute approximate surface area is 142 Å². The molecule has 1 aliphatic rings. The van der Waals surface area contributed by atoms with Crippen LogP contribution in [0.1, 0.15) is 39.2 Å². The highest BCUT2D eigenvalue weighted by Gasteiger charge is 2.36. The van der Waals surface area contributed by atoms with Crippen LogP contribution in [-0.2, 0) is 11.2 Å². The molecule has 1 amide bonds. The van der Waals surface area contributed by atoms with Crippen LogP contribution in [-0.4, -0.2) is 29.9 Å². The van der Waals surface area contributed by atoms with Gasteiger partial charge in [-0.1, -0.05) is 48.8 Å². The van der Waals surface area contributed by atoms with Crippen LogP contribution in [0.25, 0.3) is 0 Å². The van der Waals surface area contributed by atoms with Crippen molar-refractivity contribution < 1.29 is 4.79 Å². The monoisotopic (exact) mass is 366 g/mol. The first-order chi connectivity index (χ1) is 10.3. The Kier molecular flexibility index (Phi) is 5.67. The molecule has 1 aromatic rings. The van der Waals surface area contributed by atoms with Crippen LogP contribution < -0.4 is 5.73 Å².